The van der Waals surface area contributed by atoms with Crippen LogP contribution in [0.2, 0.25) is 0 Å². The summed E-state index contributed by atoms with van der Waals surface area (Å²) in [6, 6.07) is 0. The monoisotopic (exact) mass is 457 g/mol. The third kappa shape index (κ3) is 3.95. The Labute approximate surface area is 195 Å². The molecule has 0 unspecified atom stereocenters. The number of rotatable bonds is 5. The maximum Gasteiger partial charge on any atom is 0.318 e. The number of carbonyl (C=O) groups excluding carboxylic acids is 4. The Morgan fingerprint density at radius 3 is 2.39 bits per heavy atom. The molecule has 3 aliphatic heterocycles. The second-order valence-electron chi connectivity index (χ2n) is 10.3. The Kier molecular flexibility index (Phi) is 5.95. The summed E-state index contributed by atoms with van der Waals surface area (Å²) in [6.45, 7) is 4.90. The van der Waals surface area contributed by atoms with Gasteiger partial charge in [0.2, 0.25) is 17.7 Å². The van der Waals surface area contributed by atoms with E-state index in [-0.39, 0.29) is 36.0 Å². The van der Waals surface area contributed by atoms with Gasteiger partial charge in [0.1, 0.15) is 5.41 Å². The summed E-state index contributed by atoms with van der Waals surface area (Å²) in [4.78, 5) is 57.7. The minimum absolute atomic E-state index is 0.0140. The van der Waals surface area contributed by atoms with Crippen LogP contribution in [0.4, 0.5) is 0 Å². The highest BCUT2D eigenvalue weighted by atomic mass is 16.5. The van der Waals surface area contributed by atoms with Gasteiger partial charge in [-0.15, -0.1) is 0 Å². The molecule has 2 atom stereocenters. The van der Waals surface area contributed by atoms with Crippen molar-refractivity contribution in [2.24, 2.45) is 17.3 Å². The maximum absolute atomic E-state index is 13.5. The number of piperidine rings is 1. The fourth-order valence-electron chi connectivity index (χ4n) is 6.40. The molecule has 3 amide bonds. The first-order valence-corrected chi connectivity index (χ1v) is 12.7. The molecule has 0 radical (unpaired) electrons. The predicted molar refractivity (Wildman–Crippen MR) is 119 cm³/mol. The fraction of sp³-hybridized carbons (Fsp3) is 0.760. The van der Waals surface area contributed by atoms with Gasteiger partial charge in [-0.2, -0.15) is 0 Å². The van der Waals surface area contributed by atoms with E-state index in [1.165, 1.54) is 5.57 Å². The average Bonchev–Trinajstić information content (AvgIpc) is 3.67. The largest absolute Gasteiger partial charge is 0.465 e. The molecule has 2 aliphatic carbocycles. The third-order valence-electron chi connectivity index (χ3n) is 8.17. The molecule has 1 saturated carbocycles. The lowest BCUT2D eigenvalue weighted by Crippen LogP contribution is -2.57. The molecule has 33 heavy (non-hydrogen) atoms. The minimum Gasteiger partial charge on any atom is -0.465 e. The van der Waals surface area contributed by atoms with Crippen LogP contribution < -0.4 is 0 Å². The first-order valence-electron chi connectivity index (χ1n) is 12.7. The molecule has 0 bridgehead atoms. The Hall–Kier alpha value is -2.38. The van der Waals surface area contributed by atoms with Crippen molar-refractivity contribution in [1.29, 1.82) is 0 Å². The van der Waals surface area contributed by atoms with Gasteiger partial charge in [0.15, 0.2) is 0 Å². The van der Waals surface area contributed by atoms with Gasteiger partial charge in [-0.1, -0.05) is 0 Å². The molecule has 5 rings (SSSR count). The Morgan fingerprint density at radius 2 is 1.70 bits per heavy atom. The molecule has 8 heteroatoms. The molecular weight excluding hydrogens is 422 g/mol. The zero-order valence-corrected chi connectivity index (χ0v) is 19.6. The Bertz CT molecular complexity index is 882. The van der Waals surface area contributed by atoms with E-state index in [0.29, 0.717) is 52.2 Å². The highest BCUT2D eigenvalue weighted by molar-refractivity contribution is 5.93. The van der Waals surface area contributed by atoms with E-state index in [1.54, 1.807) is 4.90 Å². The van der Waals surface area contributed by atoms with Gasteiger partial charge in [-0.05, 0) is 63.9 Å². The molecule has 2 saturated heterocycles. The quantitative estimate of drug-likeness (QED) is 0.590. The van der Waals surface area contributed by atoms with E-state index in [2.05, 4.69) is 0 Å². The SMILES string of the molecule is CCOC(=O)[C@]12CCCC3=C1N(CCC3)C(=O)[C@@H](CC(=O)N1CCN(C(=O)C3CC3)CC1)C2. The van der Waals surface area contributed by atoms with Crippen molar-refractivity contribution in [3.63, 3.8) is 0 Å². The second-order valence-corrected chi connectivity index (χ2v) is 10.3. The van der Waals surface area contributed by atoms with Gasteiger partial charge in [0.25, 0.3) is 0 Å². The minimum atomic E-state index is -0.793. The lowest BCUT2D eigenvalue weighted by atomic mass is 9.63. The van der Waals surface area contributed by atoms with Crippen molar-refractivity contribution in [2.75, 3.05) is 39.3 Å². The molecule has 3 fully saturated rings. The van der Waals surface area contributed by atoms with Crippen LogP contribution in [0.25, 0.3) is 0 Å². The van der Waals surface area contributed by atoms with Gasteiger partial charge in [0, 0.05) is 56.7 Å². The second kappa shape index (κ2) is 8.76. The van der Waals surface area contributed by atoms with Crippen LogP contribution in [0.5, 0.6) is 0 Å². The summed E-state index contributed by atoms with van der Waals surface area (Å²) in [7, 11) is 0. The van der Waals surface area contributed by atoms with E-state index in [1.807, 2.05) is 16.7 Å². The number of esters is 1. The number of amides is 3. The molecule has 0 spiro atoms. The highest BCUT2D eigenvalue weighted by Gasteiger charge is 2.56. The van der Waals surface area contributed by atoms with Crippen molar-refractivity contribution in [1.82, 2.24) is 14.7 Å². The van der Waals surface area contributed by atoms with Gasteiger partial charge >= 0.3 is 5.97 Å². The van der Waals surface area contributed by atoms with Crippen LogP contribution in [0.1, 0.15) is 64.7 Å². The summed E-state index contributed by atoms with van der Waals surface area (Å²) in [5, 5.41) is 0. The van der Waals surface area contributed by atoms with E-state index >= 15 is 0 Å². The Morgan fingerprint density at radius 1 is 1.00 bits per heavy atom. The molecule has 0 aromatic heterocycles. The number of piperazine rings is 1. The van der Waals surface area contributed by atoms with Crippen molar-refractivity contribution < 1.29 is 23.9 Å². The van der Waals surface area contributed by atoms with Crippen molar-refractivity contribution >= 4 is 23.7 Å². The lowest BCUT2D eigenvalue weighted by molar-refractivity contribution is -0.163. The number of carbonyl (C=O) groups is 4. The smallest absolute Gasteiger partial charge is 0.318 e. The summed E-state index contributed by atoms with van der Waals surface area (Å²) < 4.78 is 5.53. The maximum atomic E-state index is 13.5. The molecule has 0 aromatic rings. The predicted octanol–water partition coefficient (Wildman–Crippen LogP) is 2.09. The van der Waals surface area contributed by atoms with Crippen LogP contribution in [-0.4, -0.2) is 77.7 Å². The first-order chi connectivity index (χ1) is 15.9. The molecule has 8 nitrogen and oxygen atoms in total. The van der Waals surface area contributed by atoms with Gasteiger partial charge in [-0.3, -0.25) is 19.2 Å². The third-order valence-corrected chi connectivity index (χ3v) is 8.17. The van der Waals surface area contributed by atoms with Crippen molar-refractivity contribution in [3.8, 4) is 0 Å². The number of hydrogen-bond donors (Lipinski definition) is 0. The van der Waals surface area contributed by atoms with Crippen LogP contribution in [0.3, 0.4) is 0 Å². The molecule has 3 heterocycles. The number of hydrogen-bond acceptors (Lipinski definition) is 5. The summed E-state index contributed by atoms with van der Waals surface area (Å²) in [5.74, 6) is -0.390. The fourth-order valence-corrected chi connectivity index (χ4v) is 6.40. The van der Waals surface area contributed by atoms with E-state index in [9.17, 15) is 19.2 Å². The standard InChI is InChI=1S/C25H35N3O5/c1-2-33-24(32)25-9-3-5-17-6-4-10-28(21(17)25)23(31)19(16-25)15-20(29)26-11-13-27(14-12-26)22(30)18-7-8-18/h18-19H,2-16H2,1H3/t19-,25-/m0/s1. The topological polar surface area (TPSA) is 87.2 Å². The highest BCUT2D eigenvalue weighted by Crippen LogP contribution is 2.54. The van der Waals surface area contributed by atoms with Gasteiger partial charge in [-0.25, -0.2) is 0 Å². The van der Waals surface area contributed by atoms with Crippen LogP contribution in [-0.2, 0) is 23.9 Å². The number of nitrogens with zero attached hydrogens (tertiary/aromatic N) is 3. The number of allylic oxidation sites excluding steroid dienone is 1. The summed E-state index contributed by atoms with van der Waals surface area (Å²) >= 11 is 0. The molecule has 5 aliphatic rings. The molecule has 0 N–H and O–H groups in total. The van der Waals surface area contributed by atoms with E-state index < -0.39 is 11.3 Å². The molecule has 0 aromatic carbocycles. The average molecular weight is 458 g/mol. The summed E-state index contributed by atoms with van der Waals surface area (Å²) in [6.07, 6.45) is 6.83. The van der Waals surface area contributed by atoms with Gasteiger partial charge < -0.3 is 19.4 Å². The van der Waals surface area contributed by atoms with Crippen LogP contribution in [0, 0.1) is 17.3 Å². The summed E-state index contributed by atoms with van der Waals surface area (Å²) in [5.41, 5.74) is 1.34. The van der Waals surface area contributed by atoms with E-state index in [0.717, 1.165) is 44.2 Å². The zero-order chi connectivity index (χ0) is 23.2. The Balaban J connectivity index is 1.31. The van der Waals surface area contributed by atoms with E-state index in [4.69, 9.17) is 4.74 Å². The van der Waals surface area contributed by atoms with Crippen molar-refractivity contribution in [2.45, 2.75) is 64.7 Å². The molecular formula is C25H35N3O5. The zero-order valence-electron chi connectivity index (χ0n) is 19.6. The lowest BCUT2D eigenvalue weighted by Gasteiger charge is -2.51. The first kappa shape index (κ1) is 22.4. The molecule has 180 valence electrons. The normalized spacial score (nSPS) is 29.7. The number of ether oxygens (including phenoxy) is 1. The van der Waals surface area contributed by atoms with Crippen LogP contribution in [0.15, 0.2) is 11.3 Å². The van der Waals surface area contributed by atoms with Gasteiger partial charge in [0.05, 0.1) is 6.61 Å². The van der Waals surface area contributed by atoms with Crippen molar-refractivity contribution in [3.05, 3.63) is 11.3 Å². The van der Waals surface area contributed by atoms with Crippen LogP contribution >= 0.6 is 0 Å².